The summed E-state index contributed by atoms with van der Waals surface area (Å²) in [7, 11) is 3.15. The summed E-state index contributed by atoms with van der Waals surface area (Å²) in [6.07, 6.45) is 0.690. The van der Waals surface area contributed by atoms with E-state index in [2.05, 4.69) is 26.5 Å². The molecule has 1 atom stereocenters. The Kier molecular flexibility index (Phi) is 6.20. The van der Waals surface area contributed by atoms with Crippen LogP contribution in [-0.2, 0) is 0 Å². The number of piperazine rings is 1. The lowest BCUT2D eigenvalue weighted by atomic mass is 10.1. The first kappa shape index (κ1) is 20.6. The Labute approximate surface area is 181 Å². The molecule has 7 nitrogen and oxygen atoms in total. The second-order valence-electron chi connectivity index (χ2n) is 7.49. The molecule has 1 unspecified atom stereocenters. The molecule has 1 fully saturated rings. The molecule has 0 radical (unpaired) electrons. The molecule has 2 aliphatic heterocycles. The van der Waals surface area contributed by atoms with Crippen molar-refractivity contribution in [3.8, 4) is 11.5 Å². The Hall–Kier alpha value is -2.64. The van der Waals surface area contributed by atoms with Gasteiger partial charge in [-0.05, 0) is 24.6 Å². The van der Waals surface area contributed by atoms with Crippen molar-refractivity contribution in [2.45, 2.75) is 12.6 Å². The monoisotopic (exact) mass is 430 g/mol. The van der Waals surface area contributed by atoms with Crippen LogP contribution in [0.3, 0.4) is 0 Å². The smallest absolute Gasteiger partial charge is 0.255 e. The van der Waals surface area contributed by atoms with Crippen LogP contribution in [0.5, 0.6) is 11.5 Å². The van der Waals surface area contributed by atoms with E-state index < -0.39 is 0 Å². The van der Waals surface area contributed by atoms with Crippen molar-refractivity contribution >= 4 is 28.9 Å². The molecule has 2 aromatic carbocycles. The van der Waals surface area contributed by atoms with Gasteiger partial charge in [-0.25, -0.2) is 0 Å². The van der Waals surface area contributed by atoms with Crippen molar-refractivity contribution in [1.82, 2.24) is 10.2 Å². The molecule has 0 aliphatic carbocycles. The quantitative estimate of drug-likeness (QED) is 0.734. The number of halogens is 1. The zero-order valence-electron chi connectivity index (χ0n) is 17.3. The van der Waals surface area contributed by atoms with Crippen molar-refractivity contribution < 1.29 is 14.3 Å². The standard InChI is InChI=1S/C22H27ClN4O3/c1-29-19-13-15-17(14-20(19)30-2)24-21(25-22(15)28)7-8-26-9-11-27(12-10-26)18-6-4-3-5-16(18)23/h3-6,13-14,21,24H,7-12H2,1-2H3,(H,25,28). The highest BCUT2D eigenvalue weighted by molar-refractivity contribution is 6.33. The van der Waals surface area contributed by atoms with Crippen LogP contribution in [-0.4, -0.2) is 63.9 Å². The minimum atomic E-state index is -0.121. The number of hydrogen-bond donors (Lipinski definition) is 2. The fourth-order valence-electron chi connectivity index (χ4n) is 4.02. The van der Waals surface area contributed by atoms with Crippen LogP contribution in [0.25, 0.3) is 0 Å². The largest absolute Gasteiger partial charge is 0.493 e. The zero-order chi connectivity index (χ0) is 21.1. The molecule has 2 N–H and O–H groups in total. The number of anilines is 2. The van der Waals surface area contributed by atoms with E-state index in [9.17, 15) is 4.79 Å². The molecular weight excluding hydrogens is 404 g/mol. The first-order valence-electron chi connectivity index (χ1n) is 10.1. The SMILES string of the molecule is COc1cc2c(cc1OC)C(=O)NC(CCN1CCN(c3ccccc3Cl)CC1)N2. The highest BCUT2D eigenvalue weighted by Gasteiger charge is 2.27. The fraction of sp³-hybridized carbons (Fsp3) is 0.409. The number of nitrogens with one attached hydrogen (secondary N) is 2. The third-order valence-corrected chi connectivity index (χ3v) is 6.02. The molecular formula is C22H27ClN4O3. The molecule has 2 aliphatic rings. The average molecular weight is 431 g/mol. The van der Waals surface area contributed by atoms with Gasteiger partial charge in [0, 0.05) is 38.8 Å². The first-order chi connectivity index (χ1) is 14.6. The maximum atomic E-state index is 12.6. The van der Waals surface area contributed by atoms with E-state index in [0.29, 0.717) is 17.1 Å². The molecule has 4 rings (SSSR count). The number of rotatable bonds is 6. The number of benzene rings is 2. The number of ether oxygens (including phenoxy) is 2. The third-order valence-electron chi connectivity index (χ3n) is 5.70. The van der Waals surface area contributed by atoms with Gasteiger partial charge < -0.3 is 25.0 Å². The number of carbonyl (C=O) groups excluding carboxylic acids is 1. The van der Waals surface area contributed by atoms with Crippen molar-refractivity contribution in [2.75, 3.05) is 57.2 Å². The van der Waals surface area contributed by atoms with Gasteiger partial charge in [-0.15, -0.1) is 0 Å². The van der Waals surface area contributed by atoms with Gasteiger partial charge in [0.05, 0.1) is 36.2 Å². The van der Waals surface area contributed by atoms with Gasteiger partial charge in [-0.2, -0.15) is 0 Å². The number of para-hydroxylation sites is 1. The Balaban J connectivity index is 1.32. The molecule has 30 heavy (non-hydrogen) atoms. The average Bonchev–Trinajstić information content (AvgIpc) is 2.77. The lowest BCUT2D eigenvalue weighted by Crippen LogP contribution is -2.50. The maximum Gasteiger partial charge on any atom is 0.255 e. The number of amides is 1. The van der Waals surface area contributed by atoms with Crippen LogP contribution >= 0.6 is 11.6 Å². The predicted octanol–water partition coefficient (Wildman–Crippen LogP) is 3.05. The molecule has 2 heterocycles. The summed E-state index contributed by atoms with van der Waals surface area (Å²) in [6.45, 7) is 4.71. The fourth-order valence-corrected chi connectivity index (χ4v) is 4.28. The van der Waals surface area contributed by atoms with Crippen LogP contribution in [0.1, 0.15) is 16.8 Å². The number of nitrogens with zero attached hydrogens (tertiary/aromatic N) is 2. The molecule has 1 saturated heterocycles. The van der Waals surface area contributed by atoms with E-state index in [1.807, 2.05) is 24.3 Å². The summed E-state index contributed by atoms with van der Waals surface area (Å²) >= 11 is 6.33. The van der Waals surface area contributed by atoms with Gasteiger partial charge in [0.25, 0.3) is 5.91 Å². The molecule has 2 aromatic rings. The number of hydrogen-bond acceptors (Lipinski definition) is 6. The highest BCUT2D eigenvalue weighted by atomic mass is 35.5. The summed E-state index contributed by atoms with van der Waals surface area (Å²) in [4.78, 5) is 17.3. The van der Waals surface area contributed by atoms with Gasteiger partial charge >= 0.3 is 0 Å². The third kappa shape index (κ3) is 4.27. The lowest BCUT2D eigenvalue weighted by Gasteiger charge is -2.37. The molecule has 160 valence electrons. The predicted molar refractivity (Wildman–Crippen MR) is 119 cm³/mol. The van der Waals surface area contributed by atoms with E-state index >= 15 is 0 Å². The van der Waals surface area contributed by atoms with E-state index in [4.69, 9.17) is 21.1 Å². The molecule has 0 bridgehead atoms. The maximum absolute atomic E-state index is 12.6. The Morgan fingerprint density at radius 2 is 1.73 bits per heavy atom. The second kappa shape index (κ2) is 9.02. The molecule has 0 aromatic heterocycles. The highest BCUT2D eigenvalue weighted by Crippen LogP contribution is 2.35. The van der Waals surface area contributed by atoms with E-state index in [-0.39, 0.29) is 12.1 Å². The Bertz CT molecular complexity index is 915. The number of fused-ring (bicyclic) bond motifs is 1. The van der Waals surface area contributed by atoms with Crippen molar-refractivity contribution in [1.29, 1.82) is 0 Å². The van der Waals surface area contributed by atoms with Crippen molar-refractivity contribution in [3.05, 3.63) is 47.0 Å². The van der Waals surface area contributed by atoms with E-state index in [1.165, 1.54) is 0 Å². The minimum Gasteiger partial charge on any atom is -0.493 e. The van der Waals surface area contributed by atoms with Gasteiger partial charge in [-0.3, -0.25) is 9.69 Å². The molecule has 1 amide bonds. The summed E-state index contributed by atoms with van der Waals surface area (Å²) in [6, 6.07) is 11.5. The summed E-state index contributed by atoms with van der Waals surface area (Å²) in [5.74, 6) is 1.05. The van der Waals surface area contributed by atoms with Gasteiger partial charge in [0.1, 0.15) is 6.17 Å². The van der Waals surface area contributed by atoms with Crippen LogP contribution in [0.15, 0.2) is 36.4 Å². The molecule has 8 heteroatoms. The van der Waals surface area contributed by atoms with Crippen LogP contribution < -0.4 is 25.0 Å². The lowest BCUT2D eigenvalue weighted by molar-refractivity contribution is 0.0930. The second-order valence-corrected chi connectivity index (χ2v) is 7.90. The number of methoxy groups -OCH3 is 2. The first-order valence-corrected chi connectivity index (χ1v) is 10.5. The topological polar surface area (TPSA) is 66.1 Å². The van der Waals surface area contributed by atoms with Crippen LogP contribution in [0.2, 0.25) is 5.02 Å². The van der Waals surface area contributed by atoms with Gasteiger partial charge in [0.15, 0.2) is 11.5 Å². The molecule has 0 spiro atoms. The van der Waals surface area contributed by atoms with Crippen molar-refractivity contribution in [3.63, 3.8) is 0 Å². The normalized spacial score (nSPS) is 19.0. The van der Waals surface area contributed by atoms with Crippen LogP contribution in [0, 0.1) is 0 Å². The van der Waals surface area contributed by atoms with Crippen molar-refractivity contribution in [2.24, 2.45) is 0 Å². The summed E-state index contributed by atoms with van der Waals surface area (Å²) < 4.78 is 10.7. The van der Waals surface area contributed by atoms with E-state index in [1.54, 1.807) is 20.3 Å². The Morgan fingerprint density at radius 3 is 2.43 bits per heavy atom. The van der Waals surface area contributed by atoms with Gasteiger partial charge in [0.2, 0.25) is 0 Å². The number of carbonyl (C=O) groups is 1. The Morgan fingerprint density at radius 1 is 1.03 bits per heavy atom. The van der Waals surface area contributed by atoms with Crippen LogP contribution in [0.4, 0.5) is 11.4 Å². The molecule has 0 saturated carbocycles. The summed E-state index contributed by atoms with van der Waals surface area (Å²) in [5, 5.41) is 7.25. The van der Waals surface area contributed by atoms with Gasteiger partial charge in [-0.1, -0.05) is 23.7 Å². The van der Waals surface area contributed by atoms with E-state index in [0.717, 1.165) is 55.5 Å². The zero-order valence-corrected chi connectivity index (χ0v) is 18.0. The summed E-state index contributed by atoms with van der Waals surface area (Å²) in [5.41, 5.74) is 2.43. The minimum absolute atomic E-state index is 0.0989.